The summed E-state index contributed by atoms with van der Waals surface area (Å²) in [5, 5.41) is 0. The van der Waals surface area contributed by atoms with E-state index in [1.54, 1.807) is 0 Å². The molecule has 2 N–H and O–H groups in total. The molecular weight excluding hydrogens is 151 g/mol. The van der Waals surface area contributed by atoms with Crippen molar-refractivity contribution in [2.75, 3.05) is 0 Å². The van der Waals surface area contributed by atoms with Gasteiger partial charge < -0.3 is 9.11 Å². The van der Waals surface area contributed by atoms with Crippen molar-refractivity contribution < 1.29 is 13.3 Å². The van der Waals surface area contributed by atoms with Gasteiger partial charge in [-0.25, -0.2) is 4.21 Å². The fourth-order valence-electron chi connectivity index (χ4n) is 0. The predicted octanol–water partition coefficient (Wildman–Crippen LogP) is 0.0991. The first kappa shape index (κ1) is 12.7. The molecule has 0 aliphatic rings. The van der Waals surface area contributed by atoms with Gasteiger partial charge in [0.25, 0.3) is 0 Å². The zero-order chi connectivity index (χ0) is 7.00. The van der Waals surface area contributed by atoms with Gasteiger partial charge in [-0.3, -0.25) is 0 Å². The molecule has 0 bridgehead atoms. The monoisotopic (exact) mass is 164 g/mol. The van der Waals surface area contributed by atoms with E-state index < -0.39 is 15.2 Å². The number of hydrogen-bond donors (Lipinski definition) is 3. The van der Waals surface area contributed by atoms with Gasteiger partial charge in [-0.15, -0.1) is 0 Å². The van der Waals surface area contributed by atoms with Crippen molar-refractivity contribution in [1.29, 1.82) is 0 Å². The summed E-state index contributed by atoms with van der Waals surface area (Å²) in [5.74, 6) is 0. The second-order valence-corrected chi connectivity index (χ2v) is 5.14. The summed E-state index contributed by atoms with van der Waals surface area (Å²) >= 11 is 0. The van der Waals surface area contributed by atoms with Crippen molar-refractivity contribution in [1.82, 2.24) is 0 Å². The van der Waals surface area contributed by atoms with E-state index in [4.69, 9.17) is 9.11 Å². The van der Waals surface area contributed by atoms with Crippen LogP contribution in [0.25, 0.3) is 0 Å². The Morgan fingerprint density at radius 1 is 1.22 bits per heavy atom. The first-order valence-corrected chi connectivity index (χ1v) is 3.92. The third-order valence-electron chi connectivity index (χ3n) is 0.874. The molecule has 0 aromatic rings. The molecule has 5 heteroatoms. The molecule has 0 saturated heterocycles. The van der Waals surface area contributed by atoms with Gasteiger partial charge in [-0.05, 0) is 20.8 Å². The average molecular weight is 164 g/mol. The molecule has 0 unspecified atom stereocenters. The molecule has 0 aliphatic carbocycles. The molecule has 0 heterocycles. The Kier molecular flexibility index (Phi) is 4.89. The minimum absolute atomic E-state index is 0. The van der Waals surface area contributed by atoms with Gasteiger partial charge in [0.15, 0.2) is 0 Å². The van der Waals surface area contributed by atoms with Crippen LogP contribution in [0.5, 0.6) is 0 Å². The average Bonchev–Trinajstić information content (AvgIpc) is 1.25. The molecule has 0 rings (SSSR count). The molecule has 9 heavy (non-hydrogen) atoms. The molecular formula is C4H13NaO3S. The van der Waals surface area contributed by atoms with Crippen LogP contribution >= 0.6 is 0 Å². The van der Waals surface area contributed by atoms with E-state index in [1.807, 2.05) is 0 Å². The summed E-state index contributed by atoms with van der Waals surface area (Å²) in [5.41, 5.74) is 0. The molecule has 0 aliphatic heterocycles. The Morgan fingerprint density at radius 2 is 1.33 bits per heavy atom. The molecule has 0 saturated carbocycles. The Bertz CT molecular complexity index is 122. The Balaban J connectivity index is 0. The third kappa shape index (κ3) is 4.47. The van der Waals surface area contributed by atoms with Gasteiger partial charge in [0.2, 0.25) is 0 Å². The van der Waals surface area contributed by atoms with Gasteiger partial charge in [-0.1, -0.05) is 0 Å². The second-order valence-electron chi connectivity index (χ2n) is 2.71. The van der Waals surface area contributed by atoms with Gasteiger partial charge in [0.1, 0.15) is 0 Å². The number of rotatable bonds is 0. The summed E-state index contributed by atoms with van der Waals surface area (Å²) in [7, 11) is -3.85. The van der Waals surface area contributed by atoms with E-state index in [9.17, 15) is 4.21 Å². The van der Waals surface area contributed by atoms with Crippen molar-refractivity contribution in [3.05, 3.63) is 0 Å². The van der Waals surface area contributed by atoms with Crippen molar-refractivity contribution in [2.45, 2.75) is 25.5 Å². The summed E-state index contributed by atoms with van der Waals surface area (Å²) in [6.45, 7) is 4.52. The van der Waals surface area contributed by atoms with Crippen LogP contribution in [0.3, 0.4) is 0 Å². The fourth-order valence-corrected chi connectivity index (χ4v) is 0. The summed E-state index contributed by atoms with van der Waals surface area (Å²) in [4.78, 5) is 0. The number of hydrogen-bond acceptors (Lipinski definition) is 1. The van der Waals surface area contributed by atoms with Crippen LogP contribution in [0.1, 0.15) is 20.8 Å². The number of thiol groups is 1. The summed E-state index contributed by atoms with van der Waals surface area (Å²) in [6, 6.07) is 0. The molecule has 0 spiro atoms. The van der Waals surface area contributed by atoms with Crippen LogP contribution in [-0.4, -0.2) is 47.6 Å². The van der Waals surface area contributed by atoms with Crippen LogP contribution in [-0.2, 0) is 10.5 Å². The van der Waals surface area contributed by atoms with Gasteiger partial charge in [0.05, 0.1) is 15.2 Å². The summed E-state index contributed by atoms with van der Waals surface area (Å²) in [6.07, 6.45) is 0. The predicted molar refractivity (Wildman–Crippen MR) is 41.7 cm³/mol. The molecule has 3 nitrogen and oxygen atoms in total. The normalized spacial score (nSPS) is 14.3. The van der Waals surface area contributed by atoms with E-state index in [2.05, 4.69) is 0 Å². The molecule has 0 atom stereocenters. The molecule has 0 radical (unpaired) electrons. The Hall–Kier alpha value is 1.07. The molecule has 0 amide bonds. The van der Waals surface area contributed by atoms with Gasteiger partial charge in [-0.2, -0.15) is 0 Å². The fraction of sp³-hybridized carbons (Fsp3) is 1.00. The molecule has 0 aromatic heterocycles. The van der Waals surface area contributed by atoms with Crippen LogP contribution in [0.4, 0.5) is 0 Å². The quantitative estimate of drug-likeness (QED) is 0.351. The van der Waals surface area contributed by atoms with Crippen LogP contribution in [0, 0.1) is 0 Å². The van der Waals surface area contributed by atoms with Gasteiger partial charge >= 0.3 is 29.6 Å². The standard InChI is InChI=1S/C4H12O3S.Na.H/c1-4(2,3)8(5,6)7;;/h8H,1-3H3,(H2,5,6,7);;. The topological polar surface area (TPSA) is 57.5 Å². The molecule has 0 aromatic carbocycles. The SMILES string of the molecule is CC(C)(C)[SH](=O)(O)O.[NaH]. The van der Waals surface area contributed by atoms with E-state index in [0.29, 0.717) is 0 Å². The third-order valence-corrected chi connectivity index (χ3v) is 2.62. The van der Waals surface area contributed by atoms with Crippen molar-refractivity contribution in [2.24, 2.45) is 0 Å². The Labute approximate surface area is 78.6 Å². The molecule has 0 fully saturated rings. The Morgan fingerprint density at radius 3 is 1.33 bits per heavy atom. The van der Waals surface area contributed by atoms with Crippen LogP contribution in [0.2, 0.25) is 0 Å². The van der Waals surface area contributed by atoms with Crippen LogP contribution < -0.4 is 0 Å². The zero-order valence-electron chi connectivity index (χ0n) is 5.25. The first-order chi connectivity index (χ1) is 3.25. The zero-order valence-corrected chi connectivity index (χ0v) is 6.14. The van der Waals surface area contributed by atoms with E-state index in [0.717, 1.165) is 0 Å². The van der Waals surface area contributed by atoms with Crippen LogP contribution in [0.15, 0.2) is 0 Å². The van der Waals surface area contributed by atoms with E-state index in [-0.39, 0.29) is 29.6 Å². The van der Waals surface area contributed by atoms with Crippen molar-refractivity contribution >= 4 is 40.1 Å². The second kappa shape index (κ2) is 3.46. The summed E-state index contributed by atoms with van der Waals surface area (Å²) < 4.78 is 26.4. The molecule has 54 valence electrons. The van der Waals surface area contributed by atoms with Gasteiger partial charge in [0, 0.05) is 0 Å². The van der Waals surface area contributed by atoms with E-state index >= 15 is 0 Å². The van der Waals surface area contributed by atoms with E-state index in [1.165, 1.54) is 20.8 Å². The maximum atomic E-state index is 10.3. The first-order valence-electron chi connectivity index (χ1n) is 2.31. The van der Waals surface area contributed by atoms with Crippen molar-refractivity contribution in [3.8, 4) is 0 Å². The van der Waals surface area contributed by atoms with Crippen molar-refractivity contribution in [3.63, 3.8) is 0 Å². The maximum absolute atomic E-state index is 10.3. The minimum atomic E-state index is -3.85.